The van der Waals surface area contributed by atoms with Crippen LogP contribution in [0.25, 0.3) is 0 Å². The third-order valence-corrected chi connectivity index (χ3v) is 4.75. The number of amides is 1. The Morgan fingerprint density at radius 3 is 2.38 bits per heavy atom. The maximum atomic E-state index is 12.6. The van der Waals surface area contributed by atoms with Crippen LogP contribution in [0, 0.1) is 0 Å². The zero-order valence-electron chi connectivity index (χ0n) is 13.6. The summed E-state index contributed by atoms with van der Waals surface area (Å²) < 4.78 is 69.9. The molecule has 0 aromatic carbocycles. The van der Waals surface area contributed by atoms with Gasteiger partial charge in [-0.3, -0.25) is 4.90 Å². The summed E-state index contributed by atoms with van der Waals surface area (Å²) >= 11 is 0. The van der Waals surface area contributed by atoms with Crippen molar-refractivity contribution in [1.29, 1.82) is 0 Å². The van der Waals surface area contributed by atoms with Crippen LogP contribution in [0.5, 0.6) is 0 Å². The van der Waals surface area contributed by atoms with E-state index in [1.54, 1.807) is 20.8 Å². The van der Waals surface area contributed by atoms with Crippen LogP contribution in [0.3, 0.4) is 0 Å². The highest BCUT2D eigenvalue weighted by Crippen LogP contribution is 2.38. The topological polar surface area (TPSA) is 72.9 Å². The number of rotatable bonds is 2. The molecule has 1 amide bonds. The van der Waals surface area contributed by atoms with Gasteiger partial charge in [0.05, 0.1) is 6.04 Å². The molecular weight excluding hydrogens is 351 g/mol. The molecule has 0 radical (unpaired) electrons. The third-order valence-electron chi connectivity index (χ3n) is 3.77. The second-order valence-corrected chi connectivity index (χ2v) is 8.34. The van der Waals surface area contributed by atoms with Crippen molar-refractivity contribution in [2.45, 2.75) is 69.6 Å². The van der Waals surface area contributed by atoms with Crippen LogP contribution >= 0.6 is 0 Å². The molecule has 2 bridgehead atoms. The highest BCUT2D eigenvalue weighted by molar-refractivity contribution is 7.87. The van der Waals surface area contributed by atoms with Crippen LogP contribution in [0.2, 0.25) is 0 Å². The Bertz CT molecular complexity index is 636. The molecule has 1 fully saturated rings. The lowest BCUT2D eigenvalue weighted by atomic mass is 10.1. The number of carbonyl (C=O) groups excluding carboxylic acids is 1. The van der Waals surface area contributed by atoms with Crippen molar-refractivity contribution in [3.63, 3.8) is 0 Å². The lowest BCUT2D eigenvalue weighted by molar-refractivity contribution is -0.0528. The number of nitrogens with zero attached hydrogens (tertiary/aromatic N) is 1. The average molecular weight is 371 g/mol. The number of allylic oxidation sites excluding steroid dienone is 1. The Kier molecular flexibility index (Phi) is 4.82. The van der Waals surface area contributed by atoms with E-state index in [1.807, 2.05) is 0 Å². The van der Waals surface area contributed by atoms with Crippen LogP contribution in [0.1, 0.15) is 46.5 Å². The molecule has 0 aromatic rings. The van der Waals surface area contributed by atoms with Gasteiger partial charge >= 0.3 is 21.7 Å². The van der Waals surface area contributed by atoms with Crippen molar-refractivity contribution < 1.29 is 35.3 Å². The largest absolute Gasteiger partial charge is 0.534 e. The molecule has 0 spiro atoms. The van der Waals surface area contributed by atoms with Gasteiger partial charge in [0.2, 0.25) is 0 Å². The highest BCUT2D eigenvalue weighted by Gasteiger charge is 2.51. The molecule has 1 saturated heterocycles. The molecular formula is C14H20F3NO5S. The molecule has 138 valence electrons. The lowest BCUT2D eigenvalue weighted by Gasteiger charge is -2.31. The molecule has 2 aliphatic rings. The first-order chi connectivity index (χ1) is 10.8. The first kappa shape index (κ1) is 18.9. The van der Waals surface area contributed by atoms with E-state index in [1.165, 1.54) is 11.0 Å². The van der Waals surface area contributed by atoms with Gasteiger partial charge in [0, 0.05) is 6.04 Å². The predicted octanol–water partition coefficient (Wildman–Crippen LogP) is 3.30. The summed E-state index contributed by atoms with van der Waals surface area (Å²) in [6.07, 6.45) is 2.33. The Balaban J connectivity index is 2.26. The van der Waals surface area contributed by atoms with Gasteiger partial charge in [-0.15, -0.1) is 0 Å². The van der Waals surface area contributed by atoms with E-state index < -0.39 is 33.4 Å². The number of hydrogen-bond acceptors (Lipinski definition) is 5. The van der Waals surface area contributed by atoms with E-state index in [0.717, 1.165) is 0 Å². The summed E-state index contributed by atoms with van der Waals surface area (Å²) in [5, 5.41) is 0. The molecule has 0 aromatic heterocycles. The van der Waals surface area contributed by atoms with E-state index in [9.17, 15) is 26.4 Å². The minimum atomic E-state index is -5.77. The van der Waals surface area contributed by atoms with E-state index in [-0.39, 0.29) is 11.8 Å². The quantitative estimate of drug-likeness (QED) is 0.550. The summed E-state index contributed by atoms with van der Waals surface area (Å²) in [5.41, 5.74) is -6.29. The Hall–Kier alpha value is -1.45. The van der Waals surface area contributed by atoms with Crippen molar-refractivity contribution in [2.75, 3.05) is 0 Å². The van der Waals surface area contributed by atoms with Gasteiger partial charge in [-0.2, -0.15) is 21.6 Å². The van der Waals surface area contributed by atoms with Crippen molar-refractivity contribution in [1.82, 2.24) is 4.90 Å². The molecule has 0 aliphatic carbocycles. The average Bonchev–Trinajstić information content (AvgIpc) is 2.68. The highest BCUT2D eigenvalue weighted by atomic mass is 32.2. The zero-order valence-corrected chi connectivity index (χ0v) is 14.4. The molecule has 24 heavy (non-hydrogen) atoms. The summed E-state index contributed by atoms with van der Waals surface area (Å²) in [4.78, 5) is 13.7. The second-order valence-electron chi connectivity index (χ2n) is 6.80. The van der Waals surface area contributed by atoms with Crippen LogP contribution in [0.4, 0.5) is 18.0 Å². The number of fused-ring (bicyclic) bond motifs is 2. The maximum Gasteiger partial charge on any atom is 0.534 e. The van der Waals surface area contributed by atoms with Crippen molar-refractivity contribution in [2.24, 2.45) is 0 Å². The first-order valence-corrected chi connectivity index (χ1v) is 8.95. The molecule has 2 heterocycles. The van der Waals surface area contributed by atoms with Gasteiger partial charge in [0.25, 0.3) is 0 Å². The molecule has 10 heteroatoms. The lowest BCUT2D eigenvalue weighted by Crippen LogP contribution is -2.45. The van der Waals surface area contributed by atoms with Gasteiger partial charge in [-0.25, -0.2) is 4.79 Å². The SMILES string of the molecule is CC(C)(C)OC(=O)N1C2CC[C@@H]1CCC=C2OS(=O)(=O)C(F)(F)F. The number of alkyl halides is 3. The number of ether oxygens (including phenoxy) is 1. The van der Waals surface area contributed by atoms with E-state index >= 15 is 0 Å². The van der Waals surface area contributed by atoms with E-state index in [2.05, 4.69) is 4.18 Å². The van der Waals surface area contributed by atoms with Gasteiger partial charge < -0.3 is 8.92 Å². The molecule has 6 nitrogen and oxygen atoms in total. The zero-order chi connectivity index (χ0) is 18.3. The fraction of sp³-hybridized carbons (Fsp3) is 0.786. The fourth-order valence-electron chi connectivity index (χ4n) is 2.85. The van der Waals surface area contributed by atoms with E-state index in [0.29, 0.717) is 25.7 Å². The normalized spacial score (nSPS) is 25.1. The number of carbonyl (C=O) groups is 1. The summed E-state index contributed by atoms with van der Waals surface area (Å²) in [7, 11) is -5.77. The Morgan fingerprint density at radius 2 is 1.83 bits per heavy atom. The molecule has 2 atom stereocenters. The number of halogens is 3. The van der Waals surface area contributed by atoms with Crippen LogP contribution in [-0.4, -0.2) is 42.6 Å². The molecule has 2 aliphatic heterocycles. The molecule has 0 saturated carbocycles. The van der Waals surface area contributed by atoms with Crippen molar-refractivity contribution in [3.8, 4) is 0 Å². The minimum absolute atomic E-state index is 0.212. The van der Waals surface area contributed by atoms with Gasteiger partial charge in [0.1, 0.15) is 11.4 Å². The summed E-state index contributed by atoms with van der Waals surface area (Å²) in [6.45, 7) is 5.02. The maximum absolute atomic E-state index is 12.6. The van der Waals surface area contributed by atoms with Gasteiger partial charge in [-0.1, -0.05) is 0 Å². The Labute approximate surface area is 138 Å². The van der Waals surface area contributed by atoms with E-state index in [4.69, 9.17) is 4.74 Å². The standard InChI is InChI=1S/C14H20F3NO5S/c1-13(2,3)22-12(19)18-9-5-4-6-11(10(18)8-7-9)23-24(20,21)14(15,16)17/h6,9-10H,4-5,7-8H2,1-3H3/t9-,10?/m0/s1. The van der Waals surface area contributed by atoms with Gasteiger partial charge in [0.15, 0.2) is 0 Å². The summed E-state index contributed by atoms with van der Waals surface area (Å²) in [5.74, 6) is -0.363. The van der Waals surface area contributed by atoms with Gasteiger partial charge in [-0.05, 0) is 52.5 Å². The predicted molar refractivity (Wildman–Crippen MR) is 78.3 cm³/mol. The Morgan fingerprint density at radius 1 is 1.21 bits per heavy atom. The fourth-order valence-corrected chi connectivity index (χ4v) is 3.38. The van der Waals surface area contributed by atoms with Crippen LogP contribution < -0.4 is 0 Å². The molecule has 2 rings (SSSR count). The molecule has 1 unspecified atom stereocenters. The molecule has 0 N–H and O–H groups in total. The minimum Gasteiger partial charge on any atom is -0.444 e. The van der Waals surface area contributed by atoms with Crippen LogP contribution in [-0.2, 0) is 19.0 Å². The number of hydrogen-bond donors (Lipinski definition) is 0. The first-order valence-electron chi connectivity index (χ1n) is 7.54. The smallest absolute Gasteiger partial charge is 0.444 e. The van der Waals surface area contributed by atoms with Crippen molar-refractivity contribution in [3.05, 3.63) is 11.8 Å². The second kappa shape index (κ2) is 6.12. The monoisotopic (exact) mass is 371 g/mol. The third kappa shape index (κ3) is 3.96. The summed E-state index contributed by atoms with van der Waals surface area (Å²) in [6, 6.07) is -1.08. The van der Waals surface area contributed by atoms with Crippen LogP contribution in [0.15, 0.2) is 11.8 Å². The van der Waals surface area contributed by atoms with Crippen molar-refractivity contribution >= 4 is 16.2 Å².